The van der Waals surface area contributed by atoms with Gasteiger partial charge < -0.3 is 19.5 Å². The molecule has 0 aliphatic heterocycles. The minimum absolute atomic E-state index is 0.155. The van der Waals surface area contributed by atoms with Gasteiger partial charge in [-0.25, -0.2) is 4.57 Å². The van der Waals surface area contributed by atoms with Crippen molar-refractivity contribution in [1.82, 2.24) is 5.32 Å². The van der Waals surface area contributed by atoms with Gasteiger partial charge in [0.25, 0.3) is 5.91 Å². The van der Waals surface area contributed by atoms with Crippen LogP contribution >= 0.6 is 7.60 Å². The summed E-state index contributed by atoms with van der Waals surface area (Å²) in [6.45, 7) is 2.88. The fraction of sp³-hybridized carbons (Fsp3) is 0.333. The second-order valence-corrected chi connectivity index (χ2v) is 8.72. The van der Waals surface area contributed by atoms with Crippen LogP contribution in [0.25, 0.3) is 12.2 Å². The molecule has 156 valence electrons. The predicted molar refractivity (Wildman–Crippen MR) is 112 cm³/mol. The van der Waals surface area contributed by atoms with E-state index in [4.69, 9.17) is 9.26 Å². The van der Waals surface area contributed by atoms with Crippen LogP contribution in [0.3, 0.4) is 0 Å². The fourth-order valence-corrected chi connectivity index (χ4v) is 3.43. The third-order valence-electron chi connectivity index (χ3n) is 4.24. The van der Waals surface area contributed by atoms with E-state index in [2.05, 4.69) is 5.32 Å². The predicted octanol–water partition coefficient (Wildman–Crippen LogP) is 2.65. The highest BCUT2D eigenvalue weighted by atomic mass is 31.2. The smallest absolute Gasteiger partial charge is 0.325 e. The number of methoxy groups -OCH3 is 1. The summed E-state index contributed by atoms with van der Waals surface area (Å²) in [6, 6.07) is 10.6. The molecular weight excluding hydrogens is 391 g/mol. The maximum atomic E-state index is 12.5. The van der Waals surface area contributed by atoms with E-state index in [-0.39, 0.29) is 12.5 Å². The zero-order valence-electron chi connectivity index (χ0n) is 17.1. The summed E-state index contributed by atoms with van der Waals surface area (Å²) in [7, 11) is -0.219. The first-order valence-corrected chi connectivity index (χ1v) is 11.2. The quantitative estimate of drug-likeness (QED) is 0.482. The third kappa shape index (κ3) is 7.91. The highest BCUT2D eigenvalue weighted by Crippen LogP contribution is 2.38. The molecule has 1 heterocycles. The van der Waals surface area contributed by atoms with E-state index in [0.717, 1.165) is 17.8 Å². The molecule has 1 amide bonds. The van der Waals surface area contributed by atoms with E-state index >= 15 is 0 Å². The van der Waals surface area contributed by atoms with Crippen LogP contribution in [-0.2, 0) is 20.9 Å². The molecule has 2 aromatic rings. The van der Waals surface area contributed by atoms with Gasteiger partial charge >= 0.3 is 7.60 Å². The SMILES string of the molecule is COC[C@H](NC(=O)c1ccc(/C=C/c2cc[n+](C)cc2)cc1)[C@H](C)OP(C)(=O)O. The molecule has 1 unspecified atom stereocenters. The number of carbonyl (C=O) groups is 1. The average molecular weight is 419 g/mol. The lowest BCUT2D eigenvalue weighted by Gasteiger charge is -2.25. The molecule has 0 spiro atoms. The van der Waals surface area contributed by atoms with Crippen molar-refractivity contribution in [3.63, 3.8) is 0 Å². The Morgan fingerprint density at radius 1 is 1.17 bits per heavy atom. The van der Waals surface area contributed by atoms with Crippen molar-refractivity contribution in [2.24, 2.45) is 7.05 Å². The van der Waals surface area contributed by atoms with Crippen molar-refractivity contribution in [2.45, 2.75) is 19.1 Å². The van der Waals surface area contributed by atoms with Crippen molar-refractivity contribution in [1.29, 1.82) is 0 Å². The van der Waals surface area contributed by atoms with Crippen LogP contribution in [0.4, 0.5) is 0 Å². The second-order valence-electron chi connectivity index (χ2n) is 6.90. The number of nitrogens with zero attached hydrogens (tertiary/aromatic N) is 1. The number of rotatable bonds is 9. The molecule has 29 heavy (non-hydrogen) atoms. The van der Waals surface area contributed by atoms with Crippen LogP contribution in [0.1, 0.15) is 28.4 Å². The molecule has 0 fully saturated rings. The van der Waals surface area contributed by atoms with Crippen LogP contribution in [0, 0.1) is 0 Å². The molecule has 0 radical (unpaired) electrons. The van der Waals surface area contributed by atoms with Crippen LogP contribution in [0.15, 0.2) is 48.8 Å². The minimum atomic E-state index is -3.67. The number of aromatic nitrogens is 1. The number of aryl methyl sites for hydroxylation is 1. The Bertz CT molecular complexity index is 875. The lowest BCUT2D eigenvalue weighted by Crippen LogP contribution is -2.45. The molecular formula is C21H28N2O5P+. The lowest BCUT2D eigenvalue weighted by molar-refractivity contribution is -0.671. The van der Waals surface area contributed by atoms with Crippen LogP contribution < -0.4 is 9.88 Å². The number of nitrogens with one attached hydrogen (secondary N) is 1. The topological polar surface area (TPSA) is 88.7 Å². The van der Waals surface area contributed by atoms with Crippen LogP contribution in [0.2, 0.25) is 0 Å². The Kier molecular flexibility index (Phi) is 8.29. The number of carbonyl (C=O) groups excluding carboxylic acids is 1. The van der Waals surface area contributed by atoms with Gasteiger partial charge in [0.2, 0.25) is 0 Å². The van der Waals surface area contributed by atoms with Gasteiger partial charge in [-0.1, -0.05) is 24.3 Å². The van der Waals surface area contributed by atoms with Gasteiger partial charge in [0.15, 0.2) is 12.4 Å². The molecule has 0 aliphatic rings. The number of hydrogen-bond acceptors (Lipinski definition) is 4. The summed E-state index contributed by atoms with van der Waals surface area (Å²) in [4.78, 5) is 22.0. The average Bonchev–Trinajstić information content (AvgIpc) is 2.66. The zero-order chi connectivity index (χ0) is 21.4. The van der Waals surface area contributed by atoms with Gasteiger partial charge in [0.1, 0.15) is 7.05 Å². The number of pyridine rings is 1. The summed E-state index contributed by atoms with van der Waals surface area (Å²) < 4.78 is 23.6. The maximum Gasteiger partial charge on any atom is 0.325 e. The van der Waals surface area contributed by atoms with Crippen molar-refractivity contribution < 1.29 is 28.1 Å². The first-order chi connectivity index (χ1) is 13.7. The maximum absolute atomic E-state index is 12.5. The van der Waals surface area contributed by atoms with Crippen molar-refractivity contribution >= 4 is 25.7 Å². The Morgan fingerprint density at radius 3 is 2.24 bits per heavy atom. The summed E-state index contributed by atoms with van der Waals surface area (Å²) in [5.41, 5.74) is 2.52. The summed E-state index contributed by atoms with van der Waals surface area (Å²) >= 11 is 0. The van der Waals surface area contributed by atoms with E-state index < -0.39 is 19.7 Å². The van der Waals surface area contributed by atoms with E-state index in [0.29, 0.717) is 5.56 Å². The van der Waals surface area contributed by atoms with Gasteiger partial charge in [0, 0.05) is 31.5 Å². The fourth-order valence-electron chi connectivity index (χ4n) is 2.67. The largest absolute Gasteiger partial charge is 0.382 e. The number of amides is 1. The Labute approximate surface area is 171 Å². The standard InChI is InChI=1S/C21H27N2O5P/c1-16(28-29(4,25)26)20(15-27-3)22-21(24)19-9-7-17(8-10-19)5-6-18-11-13-23(2)14-12-18/h5-14,16,20H,15H2,1-4H3,(H-,22,24,25,26)/p+1/b6-5+/t16-,20-/m0/s1. The highest BCUT2D eigenvalue weighted by molar-refractivity contribution is 7.51. The molecule has 3 atom stereocenters. The normalized spacial score (nSPS) is 15.6. The Hall–Kier alpha value is -2.31. The number of benzene rings is 1. The zero-order valence-corrected chi connectivity index (χ0v) is 18.0. The lowest BCUT2D eigenvalue weighted by atomic mass is 10.1. The van der Waals surface area contributed by atoms with Gasteiger partial charge in [-0.15, -0.1) is 0 Å². The van der Waals surface area contributed by atoms with Crippen LogP contribution in [0.5, 0.6) is 0 Å². The monoisotopic (exact) mass is 419 g/mol. The van der Waals surface area contributed by atoms with Gasteiger partial charge in [-0.05, 0) is 30.2 Å². The molecule has 7 nitrogen and oxygen atoms in total. The molecule has 2 rings (SSSR count). The molecule has 0 saturated carbocycles. The van der Waals surface area contributed by atoms with E-state index in [1.165, 1.54) is 7.11 Å². The summed E-state index contributed by atoms with van der Waals surface area (Å²) in [5, 5.41) is 2.80. The van der Waals surface area contributed by atoms with E-state index in [1.54, 1.807) is 19.1 Å². The summed E-state index contributed by atoms with van der Waals surface area (Å²) in [6.07, 6.45) is 7.24. The number of hydrogen-bond donors (Lipinski definition) is 2. The molecule has 1 aromatic carbocycles. The first-order valence-electron chi connectivity index (χ1n) is 9.20. The molecule has 2 N–H and O–H groups in total. The highest BCUT2D eigenvalue weighted by Gasteiger charge is 2.25. The van der Waals surface area contributed by atoms with Gasteiger partial charge in [-0.2, -0.15) is 0 Å². The van der Waals surface area contributed by atoms with Gasteiger partial charge in [0.05, 0.1) is 18.8 Å². The van der Waals surface area contributed by atoms with Gasteiger partial charge in [-0.3, -0.25) is 9.36 Å². The van der Waals surface area contributed by atoms with Crippen LogP contribution in [-0.4, -0.2) is 43.3 Å². The minimum Gasteiger partial charge on any atom is -0.382 e. The molecule has 8 heteroatoms. The third-order valence-corrected chi connectivity index (χ3v) is 4.96. The molecule has 1 aromatic heterocycles. The second kappa shape index (κ2) is 10.5. The summed E-state index contributed by atoms with van der Waals surface area (Å²) in [5.74, 6) is -0.308. The van der Waals surface area contributed by atoms with E-state index in [1.807, 2.05) is 60.4 Å². The molecule has 0 bridgehead atoms. The van der Waals surface area contributed by atoms with Crippen molar-refractivity contribution in [2.75, 3.05) is 20.4 Å². The Balaban J connectivity index is 2.02. The molecule has 0 aliphatic carbocycles. The van der Waals surface area contributed by atoms with E-state index in [9.17, 15) is 14.3 Å². The molecule has 0 saturated heterocycles. The van der Waals surface area contributed by atoms with Crippen molar-refractivity contribution in [3.8, 4) is 0 Å². The Morgan fingerprint density at radius 2 is 1.72 bits per heavy atom. The first kappa shape index (κ1) is 23.0. The van der Waals surface area contributed by atoms with Crippen molar-refractivity contribution in [3.05, 3.63) is 65.5 Å². The number of ether oxygens (including phenoxy) is 1.